The molecule has 1 fully saturated rings. The van der Waals surface area contributed by atoms with Crippen molar-refractivity contribution in [3.63, 3.8) is 0 Å². The van der Waals surface area contributed by atoms with Gasteiger partial charge in [0.15, 0.2) is 0 Å². The second kappa shape index (κ2) is 8.94. The van der Waals surface area contributed by atoms with Crippen molar-refractivity contribution in [3.8, 4) is 0 Å². The zero-order chi connectivity index (χ0) is 21.3. The largest absolute Gasteiger partial charge is 0.321 e. The molecule has 0 saturated heterocycles. The molecule has 0 bridgehead atoms. The van der Waals surface area contributed by atoms with Crippen molar-refractivity contribution in [3.05, 3.63) is 55.9 Å². The van der Waals surface area contributed by atoms with Crippen molar-refractivity contribution in [2.45, 2.75) is 63.9 Å². The molecular formula is C23H27N3O2S2. The summed E-state index contributed by atoms with van der Waals surface area (Å²) in [5.74, 6) is 1.21. The monoisotopic (exact) mass is 441 g/mol. The number of carbonyl (C=O) groups is 1. The van der Waals surface area contributed by atoms with Crippen LogP contribution in [0.4, 0.5) is 5.69 Å². The lowest BCUT2D eigenvalue weighted by atomic mass is 10.0. The van der Waals surface area contributed by atoms with Crippen molar-refractivity contribution in [1.82, 2.24) is 9.97 Å². The van der Waals surface area contributed by atoms with E-state index in [1.807, 2.05) is 50.7 Å². The van der Waals surface area contributed by atoms with Gasteiger partial charge < -0.3 is 10.3 Å². The van der Waals surface area contributed by atoms with Gasteiger partial charge in [-0.05, 0) is 50.8 Å². The van der Waals surface area contributed by atoms with E-state index in [1.165, 1.54) is 43.4 Å². The van der Waals surface area contributed by atoms with Crippen LogP contribution in [-0.2, 0) is 5.75 Å². The molecule has 5 nitrogen and oxygen atoms in total. The third-order valence-electron chi connectivity index (χ3n) is 5.69. The topological polar surface area (TPSA) is 74.8 Å². The van der Waals surface area contributed by atoms with E-state index in [9.17, 15) is 9.59 Å². The summed E-state index contributed by atoms with van der Waals surface area (Å²) in [5.41, 5.74) is 3.49. The zero-order valence-electron chi connectivity index (χ0n) is 17.6. The highest BCUT2D eigenvalue weighted by Gasteiger charge is 2.21. The molecule has 2 aromatic heterocycles. The molecule has 1 aliphatic rings. The highest BCUT2D eigenvalue weighted by molar-refractivity contribution is 7.99. The maximum absolute atomic E-state index is 12.9. The number of aromatic amines is 1. The lowest BCUT2D eigenvalue weighted by Gasteiger charge is -2.20. The molecule has 4 rings (SSSR count). The molecular weight excluding hydrogens is 414 g/mol. The van der Waals surface area contributed by atoms with E-state index in [0.717, 1.165) is 16.8 Å². The highest BCUT2D eigenvalue weighted by atomic mass is 32.2. The van der Waals surface area contributed by atoms with Gasteiger partial charge in [0, 0.05) is 10.9 Å². The standard InChI is InChI=1S/C23H27N3O2S2/c1-13-9-10-17(14(2)11-13)24-22(28)20-15(3)19-21(27)25-18(26-23(19)30-20)12-29-16-7-5-4-6-8-16/h9-11,16H,4-8,12H2,1-3H3,(H,24,28)(H,25,26,27). The normalized spacial score (nSPS) is 14.9. The van der Waals surface area contributed by atoms with E-state index < -0.39 is 0 Å². The van der Waals surface area contributed by atoms with Gasteiger partial charge in [0.2, 0.25) is 0 Å². The van der Waals surface area contributed by atoms with Crippen LogP contribution >= 0.6 is 23.1 Å². The van der Waals surface area contributed by atoms with Gasteiger partial charge in [-0.2, -0.15) is 11.8 Å². The Morgan fingerprint density at radius 3 is 2.73 bits per heavy atom. The fourth-order valence-corrected chi connectivity index (χ4v) is 6.33. The van der Waals surface area contributed by atoms with Crippen LogP contribution in [0, 0.1) is 20.8 Å². The quantitative estimate of drug-likeness (QED) is 0.530. The molecule has 1 aliphatic carbocycles. The van der Waals surface area contributed by atoms with Crippen molar-refractivity contribution >= 4 is 44.9 Å². The fraction of sp³-hybridized carbons (Fsp3) is 0.435. The smallest absolute Gasteiger partial charge is 0.266 e. The minimum Gasteiger partial charge on any atom is -0.321 e. The minimum absolute atomic E-state index is 0.154. The zero-order valence-corrected chi connectivity index (χ0v) is 19.3. The lowest BCUT2D eigenvalue weighted by molar-refractivity contribution is 0.103. The molecule has 158 valence electrons. The number of aryl methyl sites for hydroxylation is 3. The van der Waals surface area contributed by atoms with Gasteiger partial charge in [-0.3, -0.25) is 9.59 Å². The minimum atomic E-state index is -0.194. The summed E-state index contributed by atoms with van der Waals surface area (Å²) in [6.45, 7) is 5.82. The Labute approximate surface area is 184 Å². The van der Waals surface area contributed by atoms with Crippen molar-refractivity contribution < 1.29 is 4.79 Å². The molecule has 3 aromatic rings. The number of benzene rings is 1. The number of fused-ring (bicyclic) bond motifs is 1. The molecule has 1 saturated carbocycles. The van der Waals surface area contributed by atoms with Crippen molar-refractivity contribution in [1.29, 1.82) is 0 Å². The first kappa shape index (κ1) is 21.1. The number of thiophene rings is 1. The van der Waals surface area contributed by atoms with Gasteiger partial charge in [-0.1, -0.05) is 37.0 Å². The highest BCUT2D eigenvalue weighted by Crippen LogP contribution is 2.31. The second-order valence-electron chi connectivity index (χ2n) is 8.09. The Kier molecular flexibility index (Phi) is 6.29. The number of nitrogens with zero attached hydrogens (tertiary/aromatic N) is 1. The summed E-state index contributed by atoms with van der Waals surface area (Å²) >= 11 is 3.18. The molecule has 0 radical (unpaired) electrons. The van der Waals surface area contributed by atoms with Gasteiger partial charge in [0.1, 0.15) is 10.7 Å². The van der Waals surface area contributed by atoms with E-state index in [1.54, 1.807) is 0 Å². The number of nitrogens with one attached hydrogen (secondary N) is 2. The van der Waals surface area contributed by atoms with E-state index in [2.05, 4.69) is 15.3 Å². The molecule has 1 amide bonds. The van der Waals surface area contributed by atoms with E-state index >= 15 is 0 Å². The summed E-state index contributed by atoms with van der Waals surface area (Å²) in [6.07, 6.45) is 6.42. The predicted octanol–water partition coefficient (Wildman–Crippen LogP) is 5.73. The Morgan fingerprint density at radius 1 is 1.23 bits per heavy atom. The van der Waals surface area contributed by atoms with Gasteiger partial charge in [0.25, 0.3) is 11.5 Å². The molecule has 2 heterocycles. The van der Waals surface area contributed by atoms with Crippen LogP contribution in [0.1, 0.15) is 64.3 Å². The number of carbonyl (C=O) groups excluding carboxylic acids is 1. The van der Waals surface area contributed by atoms with Crippen LogP contribution < -0.4 is 10.9 Å². The lowest BCUT2D eigenvalue weighted by Crippen LogP contribution is -2.14. The molecule has 0 unspecified atom stereocenters. The molecule has 2 N–H and O–H groups in total. The molecule has 1 aromatic carbocycles. The van der Waals surface area contributed by atoms with Crippen LogP contribution in [-0.4, -0.2) is 21.1 Å². The number of rotatable bonds is 5. The van der Waals surface area contributed by atoms with Crippen LogP contribution in [0.25, 0.3) is 10.2 Å². The maximum atomic E-state index is 12.9. The predicted molar refractivity (Wildman–Crippen MR) is 127 cm³/mol. The molecule has 0 atom stereocenters. The third-order valence-corrected chi connectivity index (χ3v) is 8.26. The van der Waals surface area contributed by atoms with Gasteiger partial charge >= 0.3 is 0 Å². The molecule has 7 heteroatoms. The average Bonchev–Trinajstić information content (AvgIpc) is 3.06. The Hall–Kier alpha value is -2.12. The van der Waals surface area contributed by atoms with Gasteiger partial charge in [-0.15, -0.1) is 11.3 Å². The number of anilines is 1. The summed E-state index contributed by atoms with van der Waals surface area (Å²) in [7, 11) is 0. The van der Waals surface area contributed by atoms with Crippen LogP contribution in [0.15, 0.2) is 23.0 Å². The van der Waals surface area contributed by atoms with Crippen LogP contribution in [0.5, 0.6) is 0 Å². The van der Waals surface area contributed by atoms with Crippen LogP contribution in [0.3, 0.4) is 0 Å². The average molecular weight is 442 g/mol. The number of aromatic nitrogens is 2. The van der Waals surface area contributed by atoms with Gasteiger partial charge in [-0.25, -0.2) is 4.98 Å². The fourth-order valence-electron chi connectivity index (χ4n) is 4.03. The SMILES string of the molecule is Cc1ccc(NC(=O)c2sc3nc(CSC4CCCCC4)[nH]c(=O)c3c2C)c(C)c1. The molecule has 0 spiro atoms. The molecule has 0 aliphatic heterocycles. The van der Waals surface area contributed by atoms with E-state index in [0.29, 0.717) is 37.5 Å². The first-order valence-corrected chi connectivity index (χ1v) is 12.3. The Bertz CT molecular complexity index is 1140. The first-order valence-electron chi connectivity index (χ1n) is 10.4. The van der Waals surface area contributed by atoms with E-state index in [4.69, 9.17) is 0 Å². The first-order chi connectivity index (χ1) is 14.4. The Morgan fingerprint density at radius 2 is 2.00 bits per heavy atom. The van der Waals surface area contributed by atoms with Crippen molar-refractivity contribution in [2.24, 2.45) is 0 Å². The summed E-state index contributed by atoms with van der Waals surface area (Å²) in [5, 5.41) is 4.17. The van der Waals surface area contributed by atoms with E-state index in [-0.39, 0.29) is 11.5 Å². The summed E-state index contributed by atoms with van der Waals surface area (Å²) < 4.78 is 0. The van der Waals surface area contributed by atoms with Crippen LogP contribution in [0.2, 0.25) is 0 Å². The number of thioether (sulfide) groups is 1. The Balaban J connectivity index is 1.57. The number of H-pyrrole nitrogens is 1. The van der Waals surface area contributed by atoms with Crippen molar-refractivity contribution in [2.75, 3.05) is 5.32 Å². The second-order valence-corrected chi connectivity index (χ2v) is 10.4. The summed E-state index contributed by atoms with van der Waals surface area (Å²) in [6, 6.07) is 5.93. The maximum Gasteiger partial charge on any atom is 0.266 e. The van der Waals surface area contributed by atoms with Gasteiger partial charge in [0.05, 0.1) is 16.0 Å². The summed E-state index contributed by atoms with van der Waals surface area (Å²) in [4.78, 5) is 34.5. The number of amides is 1. The number of hydrogen-bond acceptors (Lipinski definition) is 5. The molecule has 30 heavy (non-hydrogen) atoms. The third kappa shape index (κ3) is 4.47. The number of hydrogen-bond donors (Lipinski definition) is 2.